The molecule has 1 aromatic heterocycles. The molecule has 0 bridgehead atoms. The number of sulfonamides is 1. The lowest BCUT2D eigenvalue weighted by molar-refractivity contribution is 0.164. The third-order valence-electron chi connectivity index (χ3n) is 5.87. The predicted octanol–water partition coefficient (Wildman–Crippen LogP) is 4.89. The van der Waals surface area contributed by atoms with Gasteiger partial charge in [-0.15, -0.1) is 0 Å². The van der Waals surface area contributed by atoms with E-state index in [9.17, 15) is 12.8 Å². The molecule has 0 fully saturated rings. The highest BCUT2D eigenvalue weighted by molar-refractivity contribution is 7.89. The molecule has 1 aliphatic rings. The topological polar surface area (TPSA) is 91.8 Å². The zero-order valence-corrected chi connectivity index (χ0v) is 18.6. The molecule has 5 rings (SSSR count). The molecule has 0 saturated carbocycles. The van der Waals surface area contributed by atoms with Crippen molar-refractivity contribution < 1.29 is 26.7 Å². The molecule has 0 spiro atoms. The van der Waals surface area contributed by atoms with Crippen molar-refractivity contribution in [2.24, 2.45) is 5.14 Å². The normalized spacial score (nSPS) is 17.0. The Morgan fingerprint density at radius 1 is 1.03 bits per heavy atom. The van der Waals surface area contributed by atoms with Gasteiger partial charge in [0.2, 0.25) is 10.0 Å². The summed E-state index contributed by atoms with van der Waals surface area (Å²) in [6, 6.07) is 18.7. The van der Waals surface area contributed by atoms with E-state index in [0.717, 1.165) is 22.1 Å². The van der Waals surface area contributed by atoms with Gasteiger partial charge in [0.05, 0.1) is 17.4 Å². The highest BCUT2D eigenvalue weighted by atomic mass is 32.2. The van der Waals surface area contributed by atoms with Gasteiger partial charge in [-0.05, 0) is 54.4 Å². The summed E-state index contributed by atoms with van der Waals surface area (Å²) in [4.78, 5) is -0.0495. The minimum absolute atomic E-state index is 0.0495. The van der Waals surface area contributed by atoms with Crippen LogP contribution in [0.25, 0.3) is 11.0 Å². The number of nitrogens with two attached hydrogens (primary N) is 1. The third-order valence-corrected chi connectivity index (χ3v) is 6.78. The van der Waals surface area contributed by atoms with Crippen LogP contribution in [0.2, 0.25) is 0 Å². The summed E-state index contributed by atoms with van der Waals surface area (Å²) >= 11 is 0. The molecule has 2 atom stereocenters. The minimum atomic E-state index is -3.87. The lowest BCUT2D eigenvalue weighted by Gasteiger charge is -2.26. The van der Waals surface area contributed by atoms with Crippen LogP contribution in [0.1, 0.15) is 29.2 Å². The van der Waals surface area contributed by atoms with Crippen molar-refractivity contribution in [1.82, 2.24) is 0 Å². The average molecular weight is 468 g/mol. The standard InChI is InChI=1S/C25H22FNO5S/c1-15-12-17(26)6-8-19(15)25(24-13-16-4-2-3-5-20(16)31-24)22-10-11-30-23-14-18(33(27,28)29)7-9-21(23)32-22/h2-9,12-14,22,25H,10-11H2,1H3,(H2,27,28,29)/t22?,25-/m1/s1. The Hall–Kier alpha value is -3.36. The summed E-state index contributed by atoms with van der Waals surface area (Å²) in [5.41, 5.74) is 2.41. The highest BCUT2D eigenvalue weighted by Crippen LogP contribution is 2.41. The second-order valence-electron chi connectivity index (χ2n) is 8.11. The Bertz CT molecular complexity index is 1410. The largest absolute Gasteiger partial charge is 0.490 e. The summed E-state index contributed by atoms with van der Waals surface area (Å²) < 4.78 is 55.7. The van der Waals surface area contributed by atoms with Crippen molar-refractivity contribution in [3.05, 3.63) is 89.4 Å². The second kappa shape index (κ2) is 8.20. The number of fused-ring (bicyclic) bond motifs is 2. The van der Waals surface area contributed by atoms with Crippen molar-refractivity contribution in [2.45, 2.75) is 30.3 Å². The summed E-state index contributed by atoms with van der Waals surface area (Å²) in [5, 5.41) is 6.21. The van der Waals surface area contributed by atoms with Gasteiger partial charge in [-0.25, -0.2) is 17.9 Å². The number of hydrogen-bond donors (Lipinski definition) is 1. The molecule has 0 amide bonds. The van der Waals surface area contributed by atoms with E-state index in [-0.39, 0.29) is 16.6 Å². The van der Waals surface area contributed by atoms with Crippen LogP contribution in [0.5, 0.6) is 11.5 Å². The number of hydrogen-bond acceptors (Lipinski definition) is 5. The highest BCUT2D eigenvalue weighted by Gasteiger charge is 2.33. The Morgan fingerprint density at radius 3 is 2.61 bits per heavy atom. The van der Waals surface area contributed by atoms with E-state index in [2.05, 4.69) is 0 Å². The lowest BCUT2D eigenvalue weighted by atomic mass is 9.86. The molecule has 8 heteroatoms. The van der Waals surface area contributed by atoms with Gasteiger partial charge >= 0.3 is 0 Å². The zero-order chi connectivity index (χ0) is 23.2. The van der Waals surface area contributed by atoms with E-state index in [4.69, 9.17) is 19.0 Å². The third kappa shape index (κ3) is 4.19. The molecule has 33 heavy (non-hydrogen) atoms. The monoisotopic (exact) mass is 467 g/mol. The first-order valence-corrected chi connectivity index (χ1v) is 12.0. The van der Waals surface area contributed by atoms with Gasteiger partial charge in [-0.1, -0.05) is 24.3 Å². The fraction of sp³-hybridized carbons (Fsp3) is 0.200. The first-order valence-electron chi connectivity index (χ1n) is 10.5. The van der Waals surface area contributed by atoms with E-state index in [1.54, 1.807) is 12.1 Å². The number of primary sulfonamides is 1. The van der Waals surface area contributed by atoms with Crippen LogP contribution in [-0.2, 0) is 10.0 Å². The SMILES string of the molecule is Cc1cc(F)ccc1[C@@H](c1cc2ccccc2o1)C1CCOc2cc(S(N)(=O)=O)ccc2O1. The summed E-state index contributed by atoms with van der Waals surface area (Å²) in [7, 11) is -3.87. The van der Waals surface area contributed by atoms with Gasteiger partial charge in [0.1, 0.15) is 23.3 Å². The van der Waals surface area contributed by atoms with E-state index in [1.165, 1.54) is 24.3 Å². The van der Waals surface area contributed by atoms with Crippen molar-refractivity contribution in [1.29, 1.82) is 0 Å². The molecule has 170 valence electrons. The molecule has 1 unspecified atom stereocenters. The van der Waals surface area contributed by atoms with Crippen LogP contribution < -0.4 is 14.6 Å². The van der Waals surface area contributed by atoms with Gasteiger partial charge in [0.25, 0.3) is 0 Å². The molecule has 0 aliphatic carbocycles. The Balaban J connectivity index is 1.60. The van der Waals surface area contributed by atoms with Crippen molar-refractivity contribution >= 4 is 21.0 Å². The maximum Gasteiger partial charge on any atom is 0.238 e. The Labute approximate surface area is 190 Å². The van der Waals surface area contributed by atoms with Crippen LogP contribution in [0.4, 0.5) is 4.39 Å². The first kappa shape index (κ1) is 21.5. The predicted molar refractivity (Wildman–Crippen MR) is 122 cm³/mol. The smallest absolute Gasteiger partial charge is 0.238 e. The number of benzene rings is 3. The fourth-order valence-corrected chi connectivity index (χ4v) is 4.83. The van der Waals surface area contributed by atoms with Crippen LogP contribution in [0, 0.1) is 12.7 Å². The van der Waals surface area contributed by atoms with Crippen LogP contribution in [-0.4, -0.2) is 21.1 Å². The average Bonchev–Trinajstić information content (AvgIpc) is 3.07. The Kier molecular flexibility index (Phi) is 5.34. The van der Waals surface area contributed by atoms with Crippen LogP contribution in [0.15, 0.2) is 76.0 Å². The number of aryl methyl sites for hydroxylation is 1. The summed E-state index contributed by atoms with van der Waals surface area (Å²) in [5.74, 6) is 0.755. The summed E-state index contributed by atoms with van der Waals surface area (Å²) in [6.45, 7) is 2.15. The number of rotatable bonds is 4. The van der Waals surface area contributed by atoms with Gasteiger partial charge < -0.3 is 13.9 Å². The lowest BCUT2D eigenvalue weighted by Crippen LogP contribution is -2.27. The molecule has 1 aliphatic heterocycles. The van der Waals surface area contributed by atoms with E-state index < -0.39 is 16.1 Å². The molecule has 0 saturated heterocycles. The molecule has 6 nitrogen and oxygen atoms in total. The number of ether oxygens (including phenoxy) is 2. The van der Waals surface area contributed by atoms with Gasteiger partial charge in [0.15, 0.2) is 11.5 Å². The Morgan fingerprint density at radius 2 is 1.85 bits per heavy atom. The van der Waals surface area contributed by atoms with Gasteiger partial charge in [-0.3, -0.25) is 0 Å². The second-order valence-corrected chi connectivity index (χ2v) is 9.67. The van der Waals surface area contributed by atoms with Gasteiger partial charge in [0, 0.05) is 17.9 Å². The maximum atomic E-state index is 13.9. The minimum Gasteiger partial charge on any atom is -0.490 e. The molecular weight excluding hydrogens is 445 g/mol. The van der Waals surface area contributed by atoms with Crippen molar-refractivity contribution in [2.75, 3.05) is 6.61 Å². The van der Waals surface area contributed by atoms with Crippen molar-refractivity contribution in [3.63, 3.8) is 0 Å². The van der Waals surface area contributed by atoms with Gasteiger partial charge in [-0.2, -0.15) is 0 Å². The molecule has 0 radical (unpaired) electrons. The number of halogens is 1. The zero-order valence-electron chi connectivity index (χ0n) is 17.8. The summed E-state index contributed by atoms with van der Waals surface area (Å²) in [6.07, 6.45) is 0.0917. The van der Waals surface area contributed by atoms with E-state index in [1.807, 2.05) is 37.3 Å². The quantitative estimate of drug-likeness (QED) is 0.461. The first-order chi connectivity index (χ1) is 15.8. The molecule has 2 N–H and O–H groups in total. The van der Waals surface area contributed by atoms with Crippen LogP contribution in [0.3, 0.4) is 0 Å². The number of furan rings is 1. The molecule has 2 heterocycles. The van der Waals surface area contributed by atoms with E-state index >= 15 is 0 Å². The van der Waals surface area contributed by atoms with Crippen LogP contribution >= 0.6 is 0 Å². The molecular formula is C25H22FNO5S. The molecule has 3 aromatic carbocycles. The fourth-order valence-electron chi connectivity index (χ4n) is 4.30. The maximum absolute atomic E-state index is 13.9. The van der Waals surface area contributed by atoms with E-state index in [0.29, 0.717) is 30.3 Å². The van der Waals surface area contributed by atoms with Crippen molar-refractivity contribution in [3.8, 4) is 11.5 Å². The molecule has 4 aromatic rings. The number of para-hydroxylation sites is 1.